The number of nitrogens with one attached hydrogen (secondary N) is 1. The molecule has 2 atom stereocenters. The quantitative estimate of drug-likeness (QED) is 0.859. The lowest BCUT2D eigenvalue weighted by atomic mass is 10.2. The molecule has 1 fully saturated rings. The minimum atomic E-state index is -3.84. The monoisotopic (exact) mass is 284 g/mol. The molecule has 1 saturated carbocycles. The van der Waals surface area contributed by atoms with Crippen molar-refractivity contribution in [2.24, 2.45) is 17.0 Å². The Kier molecular flexibility index (Phi) is 3.51. The van der Waals surface area contributed by atoms with Crippen LogP contribution in [0.1, 0.15) is 13.3 Å². The standard InChI is InChI=1S/C12H16N2O4S/c1-7-5-9(7)12(15)14-8-3-4-11(19(13,16)17)10(6-8)18-2/h3-4,6-7,9H,5H2,1-2H3,(H,14,15)(H2,13,16,17). The molecule has 104 valence electrons. The maximum absolute atomic E-state index is 11.8. The van der Waals surface area contributed by atoms with E-state index >= 15 is 0 Å². The number of methoxy groups -OCH3 is 1. The summed E-state index contributed by atoms with van der Waals surface area (Å²) in [4.78, 5) is 11.7. The van der Waals surface area contributed by atoms with Crippen molar-refractivity contribution < 1.29 is 17.9 Å². The fourth-order valence-electron chi connectivity index (χ4n) is 1.90. The van der Waals surface area contributed by atoms with Gasteiger partial charge >= 0.3 is 0 Å². The first-order chi connectivity index (χ1) is 8.82. The third-order valence-corrected chi connectivity index (χ3v) is 4.13. The van der Waals surface area contributed by atoms with Crippen molar-refractivity contribution in [1.82, 2.24) is 0 Å². The average Bonchev–Trinajstić information content (AvgIpc) is 3.05. The predicted molar refractivity (Wildman–Crippen MR) is 70.3 cm³/mol. The van der Waals surface area contributed by atoms with Gasteiger partial charge < -0.3 is 10.1 Å². The summed E-state index contributed by atoms with van der Waals surface area (Å²) in [6, 6.07) is 4.26. The van der Waals surface area contributed by atoms with Gasteiger partial charge in [-0.3, -0.25) is 4.79 Å². The van der Waals surface area contributed by atoms with Crippen molar-refractivity contribution in [2.75, 3.05) is 12.4 Å². The highest BCUT2D eigenvalue weighted by molar-refractivity contribution is 7.89. The number of primary sulfonamides is 1. The number of carbonyl (C=O) groups is 1. The molecule has 0 aromatic heterocycles. The minimum absolute atomic E-state index is 0.0453. The van der Waals surface area contributed by atoms with Crippen LogP contribution in [0.15, 0.2) is 23.1 Å². The third kappa shape index (κ3) is 3.05. The normalized spacial score (nSPS) is 21.8. The number of carbonyl (C=O) groups excluding carboxylic acids is 1. The molecule has 1 aromatic rings. The van der Waals surface area contributed by atoms with Crippen molar-refractivity contribution in [3.63, 3.8) is 0 Å². The highest BCUT2D eigenvalue weighted by atomic mass is 32.2. The molecule has 1 aliphatic rings. The molecule has 0 aliphatic heterocycles. The molecular weight excluding hydrogens is 268 g/mol. The second kappa shape index (κ2) is 4.82. The van der Waals surface area contributed by atoms with Gasteiger partial charge in [0.05, 0.1) is 7.11 Å². The highest BCUT2D eigenvalue weighted by Gasteiger charge is 2.39. The predicted octanol–water partition coefficient (Wildman–Crippen LogP) is 0.937. The molecule has 7 heteroatoms. The van der Waals surface area contributed by atoms with Crippen LogP contribution in [0.2, 0.25) is 0 Å². The van der Waals surface area contributed by atoms with Crippen molar-refractivity contribution in [1.29, 1.82) is 0 Å². The molecule has 2 unspecified atom stereocenters. The fraction of sp³-hybridized carbons (Fsp3) is 0.417. The Hall–Kier alpha value is -1.60. The second-order valence-electron chi connectivity index (χ2n) is 4.72. The summed E-state index contributed by atoms with van der Waals surface area (Å²) in [6.07, 6.45) is 0.887. The number of anilines is 1. The maximum atomic E-state index is 11.8. The van der Waals surface area contributed by atoms with E-state index < -0.39 is 10.0 Å². The van der Waals surface area contributed by atoms with Gasteiger partial charge in [0.2, 0.25) is 15.9 Å². The van der Waals surface area contributed by atoms with E-state index in [4.69, 9.17) is 9.88 Å². The van der Waals surface area contributed by atoms with Crippen molar-refractivity contribution >= 4 is 21.6 Å². The zero-order valence-electron chi connectivity index (χ0n) is 10.7. The SMILES string of the molecule is COc1cc(NC(=O)C2CC2C)ccc1S(N)(=O)=O. The van der Waals surface area contributed by atoms with Crippen LogP contribution < -0.4 is 15.2 Å². The number of nitrogens with two attached hydrogens (primary N) is 1. The van der Waals surface area contributed by atoms with E-state index in [0.29, 0.717) is 11.6 Å². The number of rotatable bonds is 4. The Morgan fingerprint density at radius 2 is 2.11 bits per heavy atom. The van der Waals surface area contributed by atoms with E-state index in [1.165, 1.54) is 25.3 Å². The molecule has 19 heavy (non-hydrogen) atoms. The lowest BCUT2D eigenvalue weighted by Crippen LogP contribution is -2.16. The lowest BCUT2D eigenvalue weighted by molar-refractivity contribution is -0.117. The summed E-state index contributed by atoms with van der Waals surface area (Å²) >= 11 is 0. The van der Waals surface area contributed by atoms with E-state index in [0.717, 1.165) is 6.42 Å². The van der Waals surface area contributed by atoms with Gasteiger partial charge in [-0.25, -0.2) is 13.6 Å². The van der Waals surface area contributed by atoms with Gasteiger partial charge in [-0.15, -0.1) is 0 Å². The molecule has 0 saturated heterocycles. The third-order valence-electron chi connectivity index (χ3n) is 3.18. The summed E-state index contributed by atoms with van der Waals surface area (Å²) in [5, 5.41) is 7.80. The van der Waals surface area contributed by atoms with E-state index in [9.17, 15) is 13.2 Å². The minimum Gasteiger partial charge on any atom is -0.495 e. The van der Waals surface area contributed by atoms with Crippen molar-refractivity contribution in [2.45, 2.75) is 18.2 Å². The Balaban J connectivity index is 2.22. The summed E-state index contributed by atoms with van der Waals surface area (Å²) in [6.45, 7) is 2.01. The van der Waals surface area contributed by atoms with Gasteiger partial charge in [0.1, 0.15) is 10.6 Å². The molecule has 0 radical (unpaired) electrons. The van der Waals surface area contributed by atoms with Crippen LogP contribution in [0.4, 0.5) is 5.69 Å². The molecule has 1 amide bonds. The first kappa shape index (κ1) is 13.8. The van der Waals surface area contributed by atoms with Crippen LogP contribution in [0, 0.1) is 11.8 Å². The van der Waals surface area contributed by atoms with Gasteiger partial charge in [-0.05, 0) is 24.5 Å². The Morgan fingerprint density at radius 3 is 2.58 bits per heavy atom. The fourth-order valence-corrected chi connectivity index (χ4v) is 2.58. The van der Waals surface area contributed by atoms with Gasteiger partial charge in [0.15, 0.2) is 0 Å². The van der Waals surface area contributed by atoms with Gasteiger partial charge in [-0.1, -0.05) is 6.92 Å². The summed E-state index contributed by atoms with van der Waals surface area (Å²) in [7, 11) is -2.50. The molecule has 1 aliphatic carbocycles. The second-order valence-corrected chi connectivity index (χ2v) is 6.25. The van der Waals surface area contributed by atoms with Crippen LogP contribution in [-0.2, 0) is 14.8 Å². The van der Waals surface area contributed by atoms with E-state index in [1.807, 2.05) is 6.92 Å². The molecule has 0 bridgehead atoms. The lowest BCUT2D eigenvalue weighted by Gasteiger charge is -2.10. The van der Waals surface area contributed by atoms with E-state index in [2.05, 4.69) is 5.32 Å². The Labute approximate surface area is 112 Å². The largest absolute Gasteiger partial charge is 0.495 e. The topological polar surface area (TPSA) is 98.5 Å². The number of hydrogen-bond donors (Lipinski definition) is 2. The molecule has 0 spiro atoms. The van der Waals surface area contributed by atoms with Crippen molar-refractivity contribution in [3.8, 4) is 5.75 Å². The first-order valence-corrected chi connectivity index (χ1v) is 7.39. The number of amides is 1. The first-order valence-electron chi connectivity index (χ1n) is 5.84. The van der Waals surface area contributed by atoms with Gasteiger partial charge in [0, 0.05) is 17.7 Å². The molecule has 6 nitrogen and oxygen atoms in total. The zero-order chi connectivity index (χ0) is 14.2. The molecule has 3 N–H and O–H groups in total. The average molecular weight is 284 g/mol. The van der Waals surface area contributed by atoms with Gasteiger partial charge in [-0.2, -0.15) is 0 Å². The van der Waals surface area contributed by atoms with Crippen LogP contribution in [0.5, 0.6) is 5.75 Å². The molecule has 1 aromatic carbocycles. The molecule has 2 rings (SSSR count). The smallest absolute Gasteiger partial charge is 0.241 e. The molecule has 0 heterocycles. The zero-order valence-corrected chi connectivity index (χ0v) is 11.5. The number of benzene rings is 1. The number of hydrogen-bond acceptors (Lipinski definition) is 4. The number of sulfonamides is 1. The van der Waals surface area contributed by atoms with Crippen LogP contribution >= 0.6 is 0 Å². The van der Waals surface area contributed by atoms with Gasteiger partial charge in [0.25, 0.3) is 0 Å². The van der Waals surface area contributed by atoms with E-state index in [1.54, 1.807) is 0 Å². The summed E-state index contributed by atoms with van der Waals surface area (Å²) in [5.41, 5.74) is 0.494. The summed E-state index contributed by atoms with van der Waals surface area (Å²) in [5.74, 6) is 0.511. The van der Waals surface area contributed by atoms with E-state index in [-0.39, 0.29) is 22.5 Å². The maximum Gasteiger partial charge on any atom is 0.241 e. The Bertz CT molecular complexity index is 612. The van der Waals surface area contributed by atoms with Crippen molar-refractivity contribution in [3.05, 3.63) is 18.2 Å². The van der Waals surface area contributed by atoms with Crippen LogP contribution in [-0.4, -0.2) is 21.4 Å². The number of ether oxygens (including phenoxy) is 1. The molecular formula is C12H16N2O4S. The summed E-state index contributed by atoms with van der Waals surface area (Å²) < 4.78 is 27.6. The van der Waals surface area contributed by atoms with Crippen LogP contribution in [0.3, 0.4) is 0 Å². The van der Waals surface area contributed by atoms with Crippen LogP contribution in [0.25, 0.3) is 0 Å². The highest BCUT2D eigenvalue weighted by Crippen LogP contribution is 2.38. The Morgan fingerprint density at radius 1 is 1.47 bits per heavy atom.